The van der Waals surface area contributed by atoms with Gasteiger partial charge in [-0.05, 0) is 55.5 Å². The van der Waals surface area contributed by atoms with E-state index in [1.165, 1.54) is 23.5 Å². The lowest BCUT2D eigenvalue weighted by Gasteiger charge is -2.06. The summed E-state index contributed by atoms with van der Waals surface area (Å²) in [5, 5.41) is 10.7. The van der Waals surface area contributed by atoms with Gasteiger partial charge in [-0.1, -0.05) is 0 Å². The van der Waals surface area contributed by atoms with Gasteiger partial charge in [0.25, 0.3) is 5.69 Å². The van der Waals surface area contributed by atoms with Crippen molar-refractivity contribution in [3.63, 3.8) is 0 Å². The summed E-state index contributed by atoms with van der Waals surface area (Å²) >= 11 is 1.47. The standard InChI is InChI=1S/C18H14N2O3S/c1-13-4-11-18(24-13)17(21)10-9-14-3-2-12-19(14)15-5-7-16(8-6-15)20(22)23/h2-12H,1H3/b10-9+. The van der Waals surface area contributed by atoms with Gasteiger partial charge in [-0.2, -0.15) is 0 Å². The second-order valence-corrected chi connectivity index (χ2v) is 6.47. The van der Waals surface area contributed by atoms with E-state index in [0.717, 1.165) is 16.3 Å². The highest BCUT2D eigenvalue weighted by molar-refractivity contribution is 7.14. The van der Waals surface area contributed by atoms with Crippen molar-refractivity contribution >= 4 is 28.9 Å². The van der Waals surface area contributed by atoms with Crippen LogP contribution in [0.4, 0.5) is 5.69 Å². The van der Waals surface area contributed by atoms with Gasteiger partial charge in [-0.25, -0.2) is 0 Å². The predicted molar refractivity (Wildman–Crippen MR) is 94.8 cm³/mol. The average molecular weight is 338 g/mol. The summed E-state index contributed by atoms with van der Waals surface area (Å²) in [4.78, 5) is 24.3. The number of hydrogen-bond acceptors (Lipinski definition) is 4. The molecule has 2 aromatic heterocycles. The van der Waals surface area contributed by atoms with E-state index in [9.17, 15) is 14.9 Å². The van der Waals surface area contributed by atoms with E-state index in [1.54, 1.807) is 24.3 Å². The summed E-state index contributed by atoms with van der Waals surface area (Å²) in [6.45, 7) is 1.96. The van der Waals surface area contributed by atoms with Crippen LogP contribution in [0, 0.1) is 17.0 Å². The Hall–Kier alpha value is -2.99. The molecule has 1 aromatic carbocycles. The summed E-state index contributed by atoms with van der Waals surface area (Å²) in [5.74, 6) is -0.0375. The van der Waals surface area contributed by atoms with E-state index in [0.29, 0.717) is 4.88 Å². The van der Waals surface area contributed by atoms with Crippen LogP contribution in [0.15, 0.2) is 60.8 Å². The number of benzene rings is 1. The number of carbonyl (C=O) groups excluding carboxylic acids is 1. The zero-order chi connectivity index (χ0) is 17.1. The molecule has 0 amide bonds. The number of nitro benzene ring substituents is 1. The predicted octanol–water partition coefficient (Wildman–Crippen LogP) is 4.65. The van der Waals surface area contributed by atoms with Crippen LogP contribution in [0.5, 0.6) is 0 Å². The van der Waals surface area contributed by atoms with Crippen molar-refractivity contribution in [1.82, 2.24) is 4.57 Å². The molecule has 0 aliphatic rings. The van der Waals surface area contributed by atoms with Crippen LogP contribution in [-0.2, 0) is 0 Å². The van der Waals surface area contributed by atoms with Crippen LogP contribution in [0.2, 0.25) is 0 Å². The van der Waals surface area contributed by atoms with Gasteiger partial charge in [-0.3, -0.25) is 14.9 Å². The fourth-order valence-corrected chi connectivity index (χ4v) is 3.10. The minimum absolute atomic E-state index is 0.0375. The number of nitrogens with zero attached hydrogens (tertiary/aromatic N) is 2. The van der Waals surface area contributed by atoms with Crippen molar-refractivity contribution in [3.05, 3.63) is 86.4 Å². The zero-order valence-electron chi connectivity index (χ0n) is 12.9. The lowest BCUT2D eigenvalue weighted by atomic mass is 10.2. The number of nitro groups is 1. The third kappa shape index (κ3) is 3.33. The van der Waals surface area contributed by atoms with Gasteiger partial charge in [0.15, 0.2) is 5.78 Å². The number of aromatic nitrogens is 1. The molecule has 6 heteroatoms. The maximum atomic E-state index is 12.2. The molecule has 3 rings (SSSR count). The first kappa shape index (κ1) is 15.9. The Kier molecular flexibility index (Phi) is 4.39. The molecule has 0 aliphatic carbocycles. The Labute approximate surface area is 142 Å². The highest BCUT2D eigenvalue weighted by atomic mass is 32.1. The normalized spacial score (nSPS) is 11.0. The first-order valence-corrected chi connectivity index (χ1v) is 8.07. The number of aryl methyl sites for hydroxylation is 1. The van der Waals surface area contributed by atoms with Crippen molar-refractivity contribution in [2.75, 3.05) is 0 Å². The Balaban J connectivity index is 1.83. The van der Waals surface area contributed by atoms with Crippen molar-refractivity contribution in [1.29, 1.82) is 0 Å². The highest BCUT2D eigenvalue weighted by Crippen LogP contribution is 2.19. The number of rotatable bonds is 5. The number of thiophene rings is 1. The topological polar surface area (TPSA) is 65.1 Å². The Morgan fingerprint density at radius 3 is 2.54 bits per heavy atom. The third-order valence-corrected chi connectivity index (χ3v) is 4.52. The van der Waals surface area contributed by atoms with E-state index in [1.807, 2.05) is 42.0 Å². The lowest BCUT2D eigenvalue weighted by Crippen LogP contribution is -1.96. The molecular weight excluding hydrogens is 324 g/mol. The van der Waals surface area contributed by atoms with Gasteiger partial charge in [0, 0.05) is 34.6 Å². The van der Waals surface area contributed by atoms with E-state index in [-0.39, 0.29) is 11.5 Å². The highest BCUT2D eigenvalue weighted by Gasteiger charge is 2.07. The minimum Gasteiger partial charge on any atom is -0.317 e. The molecule has 3 aromatic rings. The second-order valence-electron chi connectivity index (χ2n) is 5.18. The average Bonchev–Trinajstić information content (AvgIpc) is 3.21. The molecule has 5 nitrogen and oxygen atoms in total. The van der Waals surface area contributed by atoms with E-state index in [4.69, 9.17) is 0 Å². The summed E-state index contributed by atoms with van der Waals surface area (Å²) in [7, 11) is 0. The number of allylic oxidation sites excluding steroid dienone is 1. The van der Waals surface area contributed by atoms with Gasteiger partial charge in [0.2, 0.25) is 0 Å². The molecule has 0 aliphatic heterocycles. The Morgan fingerprint density at radius 2 is 1.92 bits per heavy atom. The van der Waals surface area contributed by atoms with Gasteiger partial charge in [0.1, 0.15) is 0 Å². The van der Waals surface area contributed by atoms with E-state index < -0.39 is 4.92 Å². The summed E-state index contributed by atoms with van der Waals surface area (Å²) in [5.41, 5.74) is 1.67. The SMILES string of the molecule is Cc1ccc(C(=O)/C=C/c2cccn2-c2ccc([N+](=O)[O-])cc2)s1. The minimum atomic E-state index is -0.429. The monoisotopic (exact) mass is 338 g/mol. The molecule has 0 N–H and O–H groups in total. The Bertz CT molecular complexity index is 920. The summed E-state index contributed by atoms with van der Waals surface area (Å²) in [6, 6.07) is 13.8. The largest absolute Gasteiger partial charge is 0.317 e. The molecule has 120 valence electrons. The first-order chi connectivity index (χ1) is 11.5. The van der Waals surface area contributed by atoms with Crippen molar-refractivity contribution < 1.29 is 9.72 Å². The van der Waals surface area contributed by atoms with Crippen molar-refractivity contribution in [2.24, 2.45) is 0 Å². The van der Waals surface area contributed by atoms with Crippen LogP contribution in [0.3, 0.4) is 0 Å². The van der Waals surface area contributed by atoms with Crippen LogP contribution < -0.4 is 0 Å². The molecule has 0 bridgehead atoms. The van der Waals surface area contributed by atoms with E-state index >= 15 is 0 Å². The van der Waals surface area contributed by atoms with Crippen molar-refractivity contribution in [2.45, 2.75) is 6.92 Å². The van der Waals surface area contributed by atoms with Gasteiger partial charge in [-0.15, -0.1) is 11.3 Å². The number of ketones is 1. The molecule has 0 fully saturated rings. The summed E-state index contributed by atoms with van der Waals surface area (Å²) in [6.07, 6.45) is 5.14. The maximum absolute atomic E-state index is 12.2. The van der Waals surface area contributed by atoms with Gasteiger partial charge < -0.3 is 4.57 Å². The van der Waals surface area contributed by atoms with E-state index in [2.05, 4.69) is 0 Å². The van der Waals surface area contributed by atoms with Crippen LogP contribution in [-0.4, -0.2) is 15.3 Å². The van der Waals surface area contributed by atoms with Crippen LogP contribution in [0.25, 0.3) is 11.8 Å². The fraction of sp³-hybridized carbons (Fsp3) is 0.0556. The smallest absolute Gasteiger partial charge is 0.269 e. The lowest BCUT2D eigenvalue weighted by molar-refractivity contribution is -0.384. The molecule has 0 unspecified atom stereocenters. The van der Waals surface area contributed by atoms with Crippen LogP contribution in [0.1, 0.15) is 20.2 Å². The molecule has 24 heavy (non-hydrogen) atoms. The molecule has 0 atom stereocenters. The van der Waals surface area contributed by atoms with Gasteiger partial charge >= 0.3 is 0 Å². The number of non-ortho nitro benzene ring substituents is 1. The quantitative estimate of drug-likeness (QED) is 0.294. The molecule has 0 saturated heterocycles. The zero-order valence-corrected chi connectivity index (χ0v) is 13.7. The molecule has 0 saturated carbocycles. The fourth-order valence-electron chi connectivity index (χ4n) is 2.31. The molecule has 0 radical (unpaired) electrons. The van der Waals surface area contributed by atoms with Crippen molar-refractivity contribution in [3.8, 4) is 5.69 Å². The summed E-state index contributed by atoms with van der Waals surface area (Å²) < 4.78 is 1.87. The van der Waals surface area contributed by atoms with Gasteiger partial charge in [0.05, 0.1) is 9.80 Å². The molecule has 2 heterocycles. The third-order valence-electron chi connectivity index (χ3n) is 3.51. The molecular formula is C18H14N2O3S. The number of carbonyl (C=O) groups is 1. The number of hydrogen-bond donors (Lipinski definition) is 0. The maximum Gasteiger partial charge on any atom is 0.269 e. The first-order valence-electron chi connectivity index (χ1n) is 7.25. The molecule has 0 spiro atoms. The van der Waals surface area contributed by atoms with Crippen LogP contribution >= 0.6 is 11.3 Å². The Morgan fingerprint density at radius 1 is 1.17 bits per heavy atom. The second kappa shape index (κ2) is 6.64.